The first-order valence-electron chi connectivity index (χ1n) is 7.87. The van der Waals surface area contributed by atoms with Crippen LogP contribution in [0.1, 0.15) is 11.4 Å². The fourth-order valence-corrected chi connectivity index (χ4v) is 3.26. The molecular formula is C19H15N3O2S. The minimum atomic E-state index is -0.0433. The Labute approximate surface area is 148 Å². The maximum Gasteiger partial charge on any atom is 0.233 e. The van der Waals surface area contributed by atoms with Gasteiger partial charge in [0.15, 0.2) is 5.58 Å². The van der Waals surface area contributed by atoms with E-state index in [1.807, 2.05) is 60.0 Å². The molecule has 6 heteroatoms. The number of hydrogen-bond donors (Lipinski definition) is 0. The highest BCUT2D eigenvalue weighted by molar-refractivity contribution is 7.07. The molecule has 2 heterocycles. The lowest BCUT2D eigenvalue weighted by Crippen LogP contribution is -2.32. The minimum Gasteiger partial charge on any atom is -0.356 e. The van der Waals surface area contributed by atoms with Gasteiger partial charge in [-0.05, 0) is 24.3 Å². The van der Waals surface area contributed by atoms with E-state index in [0.717, 1.165) is 16.8 Å². The zero-order chi connectivity index (χ0) is 17.1. The fourth-order valence-electron chi connectivity index (χ4n) is 2.71. The van der Waals surface area contributed by atoms with E-state index in [2.05, 4.69) is 10.1 Å². The van der Waals surface area contributed by atoms with E-state index in [9.17, 15) is 4.79 Å². The van der Waals surface area contributed by atoms with Crippen LogP contribution in [0.4, 0.5) is 5.69 Å². The van der Waals surface area contributed by atoms with E-state index < -0.39 is 0 Å². The Hall–Kier alpha value is -2.99. The molecule has 0 N–H and O–H groups in total. The molecule has 0 fully saturated rings. The summed E-state index contributed by atoms with van der Waals surface area (Å²) in [6.45, 7) is 0.433. The Morgan fingerprint density at radius 1 is 1.08 bits per heavy atom. The quantitative estimate of drug-likeness (QED) is 0.545. The Balaban J connectivity index is 1.63. The van der Waals surface area contributed by atoms with Crippen LogP contribution < -0.4 is 4.90 Å². The summed E-state index contributed by atoms with van der Waals surface area (Å²) in [5.41, 5.74) is 4.82. The van der Waals surface area contributed by atoms with E-state index in [4.69, 9.17) is 4.52 Å². The number of rotatable bonds is 5. The number of amides is 1. The van der Waals surface area contributed by atoms with Crippen LogP contribution in [0.2, 0.25) is 0 Å². The van der Waals surface area contributed by atoms with Gasteiger partial charge in [-0.25, -0.2) is 4.98 Å². The lowest BCUT2D eigenvalue weighted by molar-refractivity contribution is -0.118. The van der Waals surface area contributed by atoms with Crippen molar-refractivity contribution >= 4 is 33.9 Å². The number of hydrogen-bond acceptors (Lipinski definition) is 5. The van der Waals surface area contributed by atoms with Crippen LogP contribution in [0.5, 0.6) is 0 Å². The Kier molecular flexibility index (Phi) is 4.26. The molecule has 1 amide bonds. The molecule has 0 bridgehead atoms. The van der Waals surface area contributed by atoms with Crippen LogP contribution in [-0.2, 0) is 17.8 Å². The number of para-hydroxylation sites is 2. The van der Waals surface area contributed by atoms with Crippen molar-refractivity contribution in [1.29, 1.82) is 0 Å². The van der Waals surface area contributed by atoms with Gasteiger partial charge < -0.3 is 9.42 Å². The Morgan fingerprint density at radius 2 is 1.88 bits per heavy atom. The highest BCUT2D eigenvalue weighted by atomic mass is 32.1. The first kappa shape index (κ1) is 15.5. The lowest BCUT2D eigenvalue weighted by atomic mass is 10.1. The summed E-state index contributed by atoms with van der Waals surface area (Å²) in [5.74, 6) is -0.0433. The standard InChI is InChI=1S/C19H15N3O2S/c23-19(10-17-16-8-4-5-9-18(16)24-21-17)22(11-14-12-25-13-20-14)15-6-2-1-3-7-15/h1-9,12-13H,10-11H2. The maximum atomic E-state index is 13.0. The molecule has 0 saturated carbocycles. The molecule has 25 heavy (non-hydrogen) atoms. The molecule has 0 aliphatic heterocycles. The summed E-state index contributed by atoms with van der Waals surface area (Å²) in [5, 5.41) is 6.90. The number of fused-ring (bicyclic) bond motifs is 1. The summed E-state index contributed by atoms with van der Waals surface area (Å²) in [4.78, 5) is 19.0. The summed E-state index contributed by atoms with van der Waals surface area (Å²) in [7, 11) is 0. The van der Waals surface area contributed by atoms with Gasteiger partial charge in [-0.3, -0.25) is 4.79 Å². The summed E-state index contributed by atoms with van der Waals surface area (Å²) >= 11 is 1.52. The van der Waals surface area contributed by atoms with Gasteiger partial charge in [-0.1, -0.05) is 35.5 Å². The number of carbonyl (C=O) groups excluding carboxylic acids is 1. The Bertz CT molecular complexity index is 980. The van der Waals surface area contributed by atoms with E-state index in [0.29, 0.717) is 17.8 Å². The smallest absolute Gasteiger partial charge is 0.233 e. The topological polar surface area (TPSA) is 59.2 Å². The van der Waals surface area contributed by atoms with Crippen LogP contribution in [0.15, 0.2) is 70.0 Å². The van der Waals surface area contributed by atoms with Crippen molar-refractivity contribution in [3.05, 3.63) is 76.9 Å². The first-order valence-corrected chi connectivity index (χ1v) is 8.81. The normalized spacial score (nSPS) is 10.9. The minimum absolute atomic E-state index is 0.0433. The molecular weight excluding hydrogens is 334 g/mol. The van der Waals surface area contributed by atoms with Gasteiger partial charge in [0.2, 0.25) is 5.91 Å². The Morgan fingerprint density at radius 3 is 2.68 bits per heavy atom. The van der Waals surface area contributed by atoms with Crippen LogP contribution in [-0.4, -0.2) is 16.0 Å². The number of thiazole rings is 1. The average Bonchev–Trinajstić information content (AvgIpc) is 3.31. The van der Waals surface area contributed by atoms with E-state index in [-0.39, 0.29) is 12.3 Å². The van der Waals surface area contributed by atoms with Crippen molar-refractivity contribution in [2.75, 3.05) is 4.90 Å². The van der Waals surface area contributed by atoms with Gasteiger partial charge in [-0.15, -0.1) is 11.3 Å². The average molecular weight is 349 g/mol. The summed E-state index contributed by atoms with van der Waals surface area (Å²) in [6.07, 6.45) is 0.177. The highest BCUT2D eigenvalue weighted by Crippen LogP contribution is 2.22. The third-order valence-corrected chi connectivity index (χ3v) is 4.58. The van der Waals surface area contributed by atoms with Gasteiger partial charge in [0.05, 0.1) is 24.2 Å². The van der Waals surface area contributed by atoms with Crippen molar-refractivity contribution in [1.82, 2.24) is 10.1 Å². The molecule has 0 atom stereocenters. The number of nitrogens with zero attached hydrogens (tertiary/aromatic N) is 3. The SMILES string of the molecule is O=C(Cc1noc2ccccc12)N(Cc1cscn1)c1ccccc1. The third-order valence-electron chi connectivity index (χ3n) is 3.94. The van der Waals surface area contributed by atoms with Crippen molar-refractivity contribution in [2.24, 2.45) is 0 Å². The van der Waals surface area contributed by atoms with Gasteiger partial charge in [0.1, 0.15) is 5.69 Å². The maximum absolute atomic E-state index is 13.0. The molecule has 124 valence electrons. The molecule has 4 rings (SSSR count). The van der Waals surface area contributed by atoms with E-state index >= 15 is 0 Å². The molecule has 0 saturated heterocycles. The molecule has 0 spiro atoms. The van der Waals surface area contributed by atoms with E-state index in [1.54, 1.807) is 10.4 Å². The van der Waals surface area contributed by atoms with Gasteiger partial charge in [0.25, 0.3) is 0 Å². The second-order valence-electron chi connectivity index (χ2n) is 5.60. The van der Waals surface area contributed by atoms with Crippen molar-refractivity contribution in [3.8, 4) is 0 Å². The zero-order valence-corrected chi connectivity index (χ0v) is 14.1. The predicted octanol–water partition coefficient (Wildman–Crippen LogP) is 4.06. The number of anilines is 1. The van der Waals surface area contributed by atoms with Crippen LogP contribution in [0.25, 0.3) is 11.0 Å². The number of aromatic nitrogens is 2. The van der Waals surface area contributed by atoms with Crippen molar-refractivity contribution in [3.63, 3.8) is 0 Å². The third kappa shape index (κ3) is 3.29. The molecule has 4 aromatic rings. The van der Waals surface area contributed by atoms with Crippen molar-refractivity contribution < 1.29 is 9.32 Å². The lowest BCUT2D eigenvalue weighted by Gasteiger charge is -2.21. The first-order chi connectivity index (χ1) is 12.3. The number of carbonyl (C=O) groups is 1. The number of benzene rings is 2. The van der Waals surface area contributed by atoms with Gasteiger partial charge in [0, 0.05) is 16.5 Å². The molecule has 0 aliphatic carbocycles. The second-order valence-corrected chi connectivity index (χ2v) is 6.32. The molecule has 0 unspecified atom stereocenters. The van der Waals surface area contributed by atoms with Crippen molar-refractivity contribution in [2.45, 2.75) is 13.0 Å². The van der Waals surface area contributed by atoms with Gasteiger partial charge in [-0.2, -0.15) is 0 Å². The van der Waals surface area contributed by atoms with Gasteiger partial charge >= 0.3 is 0 Å². The van der Waals surface area contributed by atoms with Crippen LogP contribution in [0.3, 0.4) is 0 Å². The molecule has 2 aromatic heterocycles. The van der Waals surface area contributed by atoms with Crippen LogP contribution >= 0.6 is 11.3 Å². The molecule has 2 aromatic carbocycles. The predicted molar refractivity (Wildman–Crippen MR) is 97.5 cm³/mol. The van der Waals surface area contributed by atoms with E-state index in [1.165, 1.54) is 11.3 Å². The fraction of sp³-hybridized carbons (Fsp3) is 0.105. The largest absolute Gasteiger partial charge is 0.356 e. The molecule has 5 nitrogen and oxygen atoms in total. The molecule has 0 radical (unpaired) electrons. The highest BCUT2D eigenvalue weighted by Gasteiger charge is 2.20. The second kappa shape index (κ2) is 6.86. The summed E-state index contributed by atoms with van der Waals surface area (Å²) in [6, 6.07) is 17.2. The van der Waals surface area contributed by atoms with Crippen LogP contribution in [0, 0.1) is 0 Å². The summed E-state index contributed by atoms with van der Waals surface area (Å²) < 4.78 is 5.31. The molecule has 0 aliphatic rings. The zero-order valence-electron chi connectivity index (χ0n) is 13.3. The monoisotopic (exact) mass is 349 g/mol.